The quantitative estimate of drug-likeness (QED) is 0.349. The Bertz CT molecular complexity index is 750. The van der Waals surface area contributed by atoms with Gasteiger partial charge in [0.1, 0.15) is 5.25 Å². The first-order chi connectivity index (χ1) is 12.3. The van der Waals surface area contributed by atoms with Gasteiger partial charge in [0.15, 0.2) is 23.9 Å². The summed E-state index contributed by atoms with van der Waals surface area (Å²) in [7, 11) is -6.27. The molecular weight excluding hydrogens is 385 g/mol. The lowest BCUT2D eigenvalue weighted by Gasteiger charge is -2.36. The number of ether oxygens (including phenoxy) is 1. The number of Topliss-reactive ketones (excluding diaryl/α,β-unsaturated/α-hetero) is 1. The third kappa shape index (κ3) is 6.26. The molecule has 0 aliphatic rings. The number of carbonyl (C=O) groups is 2. The number of sulfone groups is 1. The Hall–Kier alpha value is -1.51. The van der Waals surface area contributed by atoms with E-state index in [2.05, 4.69) is 0 Å². The number of carbonyl (C=O) groups excluding carboxylic acids is 2. The zero-order valence-electron chi connectivity index (χ0n) is 16.9. The van der Waals surface area contributed by atoms with E-state index >= 15 is 0 Å². The first-order valence-corrected chi connectivity index (χ1v) is 13.4. The number of esters is 1. The molecule has 0 fully saturated rings. The fourth-order valence-corrected chi connectivity index (χ4v) is 4.67. The lowest BCUT2D eigenvalue weighted by Crippen LogP contribution is -2.44. The molecule has 0 saturated heterocycles. The molecule has 27 heavy (non-hydrogen) atoms. The van der Waals surface area contributed by atoms with E-state index in [-0.39, 0.29) is 23.1 Å². The van der Waals surface area contributed by atoms with Crippen LogP contribution in [0.25, 0.3) is 0 Å². The third-order valence-electron chi connectivity index (χ3n) is 4.84. The zero-order chi connectivity index (χ0) is 20.9. The van der Waals surface area contributed by atoms with Gasteiger partial charge in [0.25, 0.3) is 0 Å². The monoisotopic (exact) mass is 415 g/mol. The van der Waals surface area contributed by atoms with Crippen LogP contribution in [-0.4, -0.2) is 47.0 Å². The van der Waals surface area contributed by atoms with Crippen molar-refractivity contribution in [3.63, 3.8) is 0 Å². The minimum atomic E-state index is -4.03. The molecule has 0 bridgehead atoms. The Kier molecular flexibility index (Phi) is 7.95. The first-order valence-electron chi connectivity index (χ1n) is 8.94. The van der Waals surface area contributed by atoms with E-state index < -0.39 is 41.6 Å². The topological polar surface area (TPSA) is 86.7 Å². The van der Waals surface area contributed by atoms with E-state index in [9.17, 15) is 18.0 Å². The standard InChI is InChI=1S/C19H30O6SSi/c1-7-24-18(21)13-17(26(22,23)15-11-9-8-10-12-15)16(20)14-25-27(5,6)19(2,3)4/h8-12,17H,7,13-14H2,1-6H3/i17+1. The highest BCUT2D eigenvalue weighted by Crippen LogP contribution is 2.36. The van der Waals surface area contributed by atoms with Crippen LogP contribution in [0.1, 0.15) is 34.1 Å². The van der Waals surface area contributed by atoms with Crippen molar-refractivity contribution in [1.82, 2.24) is 0 Å². The lowest BCUT2D eigenvalue weighted by atomic mass is 10.2. The minimum absolute atomic E-state index is 0.0000232. The lowest BCUT2D eigenvalue weighted by molar-refractivity contribution is -0.144. The summed E-state index contributed by atoms with van der Waals surface area (Å²) in [5.74, 6) is -1.35. The maximum Gasteiger partial charge on any atom is 0.307 e. The highest BCUT2D eigenvalue weighted by molar-refractivity contribution is 7.92. The summed E-state index contributed by atoms with van der Waals surface area (Å²) in [6.45, 7) is 11.4. The third-order valence-corrected chi connectivity index (χ3v) is 11.4. The predicted octanol–water partition coefficient (Wildman–Crippen LogP) is 3.37. The zero-order valence-corrected chi connectivity index (χ0v) is 18.8. The summed E-state index contributed by atoms with van der Waals surface area (Å²) in [6.07, 6.45) is -0.523. The Morgan fingerprint density at radius 1 is 1.11 bits per heavy atom. The maximum absolute atomic E-state index is 13.0. The van der Waals surface area contributed by atoms with Crippen molar-refractivity contribution in [3.8, 4) is 0 Å². The maximum atomic E-state index is 13.0. The number of rotatable bonds is 9. The molecule has 1 atom stereocenters. The van der Waals surface area contributed by atoms with Gasteiger partial charge in [0.2, 0.25) is 0 Å². The van der Waals surface area contributed by atoms with Crippen LogP contribution in [0.5, 0.6) is 0 Å². The average molecular weight is 416 g/mol. The molecule has 0 N–H and O–H groups in total. The van der Waals surface area contributed by atoms with Crippen LogP contribution < -0.4 is 0 Å². The van der Waals surface area contributed by atoms with E-state index in [4.69, 9.17) is 9.16 Å². The summed E-state index contributed by atoms with van der Waals surface area (Å²) >= 11 is 0. The van der Waals surface area contributed by atoms with Gasteiger partial charge in [0.05, 0.1) is 24.5 Å². The largest absolute Gasteiger partial charge is 0.466 e. The smallest absolute Gasteiger partial charge is 0.307 e. The van der Waals surface area contributed by atoms with Crippen LogP contribution in [0.2, 0.25) is 18.1 Å². The Balaban J connectivity index is 3.11. The van der Waals surface area contributed by atoms with Crippen LogP contribution >= 0.6 is 0 Å². The van der Waals surface area contributed by atoms with Gasteiger partial charge in [-0.1, -0.05) is 39.0 Å². The van der Waals surface area contributed by atoms with E-state index in [1.54, 1.807) is 25.1 Å². The van der Waals surface area contributed by atoms with Gasteiger partial charge in [-0.3, -0.25) is 9.59 Å². The molecule has 152 valence electrons. The van der Waals surface area contributed by atoms with Crippen molar-refractivity contribution in [2.45, 2.75) is 62.4 Å². The van der Waals surface area contributed by atoms with Crippen molar-refractivity contribution in [2.24, 2.45) is 0 Å². The molecule has 0 radical (unpaired) electrons. The van der Waals surface area contributed by atoms with E-state index in [0.717, 1.165) is 0 Å². The predicted molar refractivity (Wildman–Crippen MR) is 107 cm³/mol. The normalized spacial score (nSPS) is 13.9. The first kappa shape index (κ1) is 23.5. The van der Waals surface area contributed by atoms with Gasteiger partial charge in [-0.15, -0.1) is 0 Å². The fraction of sp³-hybridized carbons (Fsp3) is 0.579. The Labute approximate surface area is 163 Å². The molecule has 6 nitrogen and oxygen atoms in total. The molecule has 0 saturated carbocycles. The molecule has 1 rings (SSSR count). The van der Waals surface area contributed by atoms with E-state index in [1.165, 1.54) is 12.1 Å². The molecule has 0 aromatic heterocycles. The van der Waals surface area contributed by atoms with Crippen LogP contribution in [-0.2, 0) is 28.6 Å². The van der Waals surface area contributed by atoms with Crippen LogP contribution in [0, 0.1) is 0 Å². The van der Waals surface area contributed by atoms with Crippen molar-refractivity contribution < 1.29 is 27.2 Å². The van der Waals surface area contributed by atoms with Crippen molar-refractivity contribution >= 4 is 29.9 Å². The van der Waals surface area contributed by atoms with Crippen LogP contribution in [0.3, 0.4) is 0 Å². The number of benzene rings is 1. The average Bonchev–Trinajstić information content (AvgIpc) is 2.57. The van der Waals surface area contributed by atoms with Crippen LogP contribution in [0.15, 0.2) is 35.2 Å². The van der Waals surface area contributed by atoms with Gasteiger partial charge < -0.3 is 9.16 Å². The molecule has 1 unspecified atom stereocenters. The molecule has 0 aliphatic heterocycles. The van der Waals surface area contributed by atoms with Crippen LogP contribution in [0.4, 0.5) is 0 Å². The SMILES string of the molecule is CCOC(=O)C[13CH](C(=O)CO[Si](C)(C)C(C)(C)C)S(=O)(=O)c1ccccc1. The molecule has 0 aliphatic carbocycles. The van der Waals surface area contributed by atoms with E-state index in [1.807, 2.05) is 33.9 Å². The number of hydrogen-bond acceptors (Lipinski definition) is 6. The van der Waals surface area contributed by atoms with Gasteiger partial charge in [-0.25, -0.2) is 8.42 Å². The molecule has 1 aromatic carbocycles. The highest BCUT2D eigenvalue weighted by Gasteiger charge is 2.40. The number of ketones is 1. The summed E-state index contributed by atoms with van der Waals surface area (Å²) in [5, 5.41) is -1.65. The second-order valence-electron chi connectivity index (χ2n) is 7.87. The summed E-state index contributed by atoms with van der Waals surface area (Å²) in [5.41, 5.74) is 0. The van der Waals surface area contributed by atoms with Gasteiger partial charge in [-0.2, -0.15) is 0 Å². The van der Waals surface area contributed by atoms with Crippen molar-refractivity contribution in [3.05, 3.63) is 30.3 Å². The van der Waals surface area contributed by atoms with Crippen molar-refractivity contribution in [1.29, 1.82) is 0 Å². The number of hydrogen-bond donors (Lipinski definition) is 0. The van der Waals surface area contributed by atoms with Gasteiger partial charge >= 0.3 is 5.97 Å². The summed E-state index contributed by atoms with van der Waals surface area (Å²) in [6, 6.07) is 7.66. The minimum Gasteiger partial charge on any atom is -0.466 e. The van der Waals surface area contributed by atoms with Gasteiger partial charge in [-0.05, 0) is 37.2 Å². The van der Waals surface area contributed by atoms with E-state index in [0.29, 0.717) is 0 Å². The second-order valence-corrected chi connectivity index (χ2v) is 14.8. The Morgan fingerprint density at radius 2 is 1.67 bits per heavy atom. The Morgan fingerprint density at radius 3 is 2.15 bits per heavy atom. The van der Waals surface area contributed by atoms with Crippen molar-refractivity contribution in [2.75, 3.05) is 13.2 Å². The summed E-state index contributed by atoms with van der Waals surface area (Å²) in [4.78, 5) is 24.7. The van der Waals surface area contributed by atoms with Gasteiger partial charge in [0, 0.05) is 0 Å². The fourth-order valence-electron chi connectivity index (χ4n) is 2.10. The second kappa shape index (κ2) is 9.12. The summed E-state index contributed by atoms with van der Waals surface area (Å²) < 4.78 is 36.7. The molecule has 8 heteroatoms. The molecule has 0 heterocycles. The molecule has 1 aromatic rings. The molecule has 0 amide bonds. The molecular formula is C19H30O6SSi. The molecule has 0 spiro atoms. The highest BCUT2D eigenvalue weighted by atomic mass is 32.2.